The first kappa shape index (κ1) is 17.7. The molecule has 1 aromatic heterocycles. The number of benzene rings is 1. The molecular weight excluding hydrogens is 300 g/mol. The number of hydrogen-bond donors (Lipinski definition) is 2. The van der Waals surface area contributed by atoms with Gasteiger partial charge in [-0.25, -0.2) is 5.43 Å². The van der Waals surface area contributed by atoms with E-state index < -0.39 is 0 Å². The minimum absolute atomic E-state index is 0.165. The topological polar surface area (TPSA) is 66.4 Å². The number of amides is 1. The summed E-state index contributed by atoms with van der Waals surface area (Å²) in [5, 5.41) is 7.28. The van der Waals surface area contributed by atoms with E-state index in [1.54, 1.807) is 6.21 Å². The molecule has 0 bridgehead atoms. The summed E-state index contributed by atoms with van der Waals surface area (Å²) < 4.78 is 0. The van der Waals surface area contributed by atoms with Crippen molar-refractivity contribution in [2.45, 2.75) is 40.2 Å². The van der Waals surface area contributed by atoms with Gasteiger partial charge in [0.2, 0.25) is 0 Å². The highest BCUT2D eigenvalue weighted by atomic mass is 16.2. The number of carbonyl (C=O) groups excluding carboxylic acids is 1. The van der Waals surface area contributed by atoms with E-state index in [2.05, 4.69) is 33.8 Å². The van der Waals surface area contributed by atoms with Crippen LogP contribution < -0.4 is 10.7 Å². The molecule has 126 valence electrons. The Labute approximate surface area is 143 Å². The summed E-state index contributed by atoms with van der Waals surface area (Å²) in [7, 11) is 0. The summed E-state index contributed by atoms with van der Waals surface area (Å²) >= 11 is 0. The fourth-order valence-corrected chi connectivity index (χ4v) is 2.39. The molecule has 0 radical (unpaired) electrons. The number of pyridine rings is 1. The highest BCUT2D eigenvalue weighted by molar-refractivity contribution is 5.86. The van der Waals surface area contributed by atoms with E-state index in [1.165, 1.54) is 5.56 Å². The lowest BCUT2D eigenvalue weighted by Crippen LogP contribution is -2.37. The SMILES string of the molecule is CC[C@@H](Nc1ccc(C)cc1C)C(=O)N/N=C\c1cccc(C)n1. The number of carbonyl (C=O) groups is 1. The van der Waals surface area contributed by atoms with Gasteiger partial charge in [-0.1, -0.05) is 30.7 Å². The quantitative estimate of drug-likeness (QED) is 0.632. The van der Waals surface area contributed by atoms with Crippen LogP contribution >= 0.6 is 0 Å². The number of nitrogens with zero attached hydrogens (tertiary/aromatic N) is 2. The van der Waals surface area contributed by atoms with Crippen molar-refractivity contribution in [3.63, 3.8) is 0 Å². The van der Waals surface area contributed by atoms with E-state index in [0.29, 0.717) is 12.1 Å². The van der Waals surface area contributed by atoms with Crippen molar-refractivity contribution in [1.29, 1.82) is 0 Å². The molecule has 1 aromatic carbocycles. The minimum atomic E-state index is -0.339. The van der Waals surface area contributed by atoms with Crippen LogP contribution in [0.15, 0.2) is 41.5 Å². The molecule has 0 saturated heterocycles. The highest BCUT2D eigenvalue weighted by Gasteiger charge is 2.16. The molecule has 1 heterocycles. The maximum Gasteiger partial charge on any atom is 0.262 e. The Morgan fingerprint density at radius 2 is 2.04 bits per heavy atom. The van der Waals surface area contributed by atoms with Crippen LogP contribution in [0.5, 0.6) is 0 Å². The molecule has 2 N–H and O–H groups in total. The van der Waals surface area contributed by atoms with Crippen molar-refractivity contribution in [2.24, 2.45) is 5.10 Å². The lowest BCUT2D eigenvalue weighted by molar-refractivity contribution is -0.121. The molecule has 0 unspecified atom stereocenters. The third-order valence-corrected chi connectivity index (χ3v) is 3.72. The highest BCUT2D eigenvalue weighted by Crippen LogP contribution is 2.17. The minimum Gasteiger partial charge on any atom is -0.373 e. The van der Waals surface area contributed by atoms with Gasteiger partial charge in [-0.15, -0.1) is 0 Å². The van der Waals surface area contributed by atoms with Crippen molar-refractivity contribution >= 4 is 17.8 Å². The standard InChI is InChI=1S/C19H24N4O/c1-5-17(22-18-10-9-13(2)11-14(18)3)19(24)23-20-12-16-8-6-7-15(4)21-16/h6-12,17,22H,5H2,1-4H3,(H,23,24)/b20-12-/t17-/m1/s1. The van der Waals surface area contributed by atoms with E-state index in [0.717, 1.165) is 16.9 Å². The van der Waals surface area contributed by atoms with Gasteiger partial charge in [0.05, 0.1) is 11.9 Å². The summed E-state index contributed by atoms with van der Waals surface area (Å²) in [5.74, 6) is -0.165. The van der Waals surface area contributed by atoms with Crippen molar-refractivity contribution in [2.75, 3.05) is 5.32 Å². The molecule has 5 heteroatoms. The van der Waals surface area contributed by atoms with E-state index >= 15 is 0 Å². The maximum absolute atomic E-state index is 12.3. The lowest BCUT2D eigenvalue weighted by atomic mass is 10.1. The maximum atomic E-state index is 12.3. The summed E-state index contributed by atoms with van der Waals surface area (Å²) in [5.41, 5.74) is 7.49. The zero-order valence-electron chi connectivity index (χ0n) is 14.6. The monoisotopic (exact) mass is 324 g/mol. The average molecular weight is 324 g/mol. The second-order valence-corrected chi connectivity index (χ2v) is 5.86. The van der Waals surface area contributed by atoms with Gasteiger partial charge in [0.15, 0.2) is 0 Å². The van der Waals surface area contributed by atoms with Crippen molar-refractivity contribution in [1.82, 2.24) is 10.4 Å². The molecule has 5 nitrogen and oxygen atoms in total. The van der Waals surface area contributed by atoms with Crippen LogP contribution in [-0.2, 0) is 4.79 Å². The van der Waals surface area contributed by atoms with Gasteiger partial charge in [0, 0.05) is 11.4 Å². The van der Waals surface area contributed by atoms with Crippen LogP contribution in [-0.4, -0.2) is 23.1 Å². The van der Waals surface area contributed by atoms with Crippen LogP contribution in [0.25, 0.3) is 0 Å². The Bertz CT molecular complexity index is 740. The number of anilines is 1. The lowest BCUT2D eigenvalue weighted by Gasteiger charge is -2.18. The number of rotatable bonds is 6. The van der Waals surface area contributed by atoms with Crippen molar-refractivity contribution in [3.8, 4) is 0 Å². The molecule has 0 fully saturated rings. The third-order valence-electron chi connectivity index (χ3n) is 3.72. The van der Waals surface area contributed by atoms with Crippen molar-refractivity contribution < 1.29 is 4.79 Å². The number of nitrogens with one attached hydrogen (secondary N) is 2. The molecule has 1 amide bonds. The Hall–Kier alpha value is -2.69. The van der Waals surface area contributed by atoms with E-state index in [9.17, 15) is 4.79 Å². The molecule has 0 saturated carbocycles. The van der Waals surface area contributed by atoms with Gasteiger partial charge in [-0.05, 0) is 51.0 Å². The molecular formula is C19H24N4O. The largest absolute Gasteiger partial charge is 0.373 e. The second kappa shape index (κ2) is 8.24. The van der Waals surface area contributed by atoms with Crippen LogP contribution in [0.4, 0.5) is 5.69 Å². The third kappa shape index (κ3) is 4.91. The number of aromatic nitrogens is 1. The van der Waals surface area contributed by atoms with Gasteiger partial charge in [0.25, 0.3) is 5.91 Å². The van der Waals surface area contributed by atoms with Crippen LogP contribution in [0.2, 0.25) is 0 Å². The Kier molecular flexibility index (Phi) is 6.07. The number of hydrogen-bond acceptors (Lipinski definition) is 4. The second-order valence-electron chi connectivity index (χ2n) is 5.86. The van der Waals surface area contributed by atoms with Gasteiger partial charge < -0.3 is 5.32 Å². The molecule has 0 aliphatic carbocycles. The van der Waals surface area contributed by atoms with Crippen molar-refractivity contribution in [3.05, 3.63) is 58.9 Å². The Morgan fingerprint density at radius 3 is 2.71 bits per heavy atom. The van der Waals surface area contributed by atoms with E-state index in [-0.39, 0.29) is 11.9 Å². The van der Waals surface area contributed by atoms with Gasteiger partial charge >= 0.3 is 0 Å². The Balaban J connectivity index is 1.98. The molecule has 1 atom stereocenters. The fourth-order valence-electron chi connectivity index (χ4n) is 2.39. The Morgan fingerprint density at radius 1 is 1.25 bits per heavy atom. The first-order chi connectivity index (χ1) is 11.5. The van der Waals surface area contributed by atoms with Crippen LogP contribution in [0, 0.1) is 20.8 Å². The molecule has 24 heavy (non-hydrogen) atoms. The molecule has 0 spiro atoms. The zero-order chi connectivity index (χ0) is 17.5. The number of aryl methyl sites for hydroxylation is 3. The van der Waals surface area contributed by atoms with E-state index in [1.807, 2.05) is 51.1 Å². The van der Waals surface area contributed by atoms with Crippen LogP contribution in [0.3, 0.4) is 0 Å². The first-order valence-corrected chi connectivity index (χ1v) is 8.10. The molecule has 0 aliphatic rings. The fraction of sp³-hybridized carbons (Fsp3) is 0.316. The van der Waals surface area contributed by atoms with Gasteiger partial charge in [-0.3, -0.25) is 9.78 Å². The van der Waals surface area contributed by atoms with Gasteiger partial charge in [-0.2, -0.15) is 5.10 Å². The summed E-state index contributed by atoms with van der Waals surface area (Å²) in [6.45, 7) is 7.96. The predicted octanol–water partition coefficient (Wildman–Crippen LogP) is 3.35. The number of hydrazone groups is 1. The van der Waals surface area contributed by atoms with Crippen LogP contribution in [0.1, 0.15) is 35.9 Å². The molecule has 0 aliphatic heterocycles. The summed E-state index contributed by atoms with van der Waals surface area (Å²) in [4.78, 5) is 16.6. The summed E-state index contributed by atoms with van der Waals surface area (Å²) in [6, 6.07) is 11.4. The van der Waals surface area contributed by atoms with Gasteiger partial charge in [0.1, 0.15) is 6.04 Å². The first-order valence-electron chi connectivity index (χ1n) is 8.10. The predicted molar refractivity (Wildman–Crippen MR) is 98.3 cm³/mol. The molecule has 2 aromatic rings. The normalized spacial score (nSPS) is 12.2. The van der Waals surface area contributed by atoms with E-state index in [4.69, 9.17) is 0 Å². The summed E-state index contributed by atoms with van der Waals surface area (Å²) in [6.07, 6.45) is 2.21. The molecule has 2 rings (SSSR count). The zero-order valence-corrected chi connectivity index (χ0v) is 14.6. The smallest absolute Gasteiger partial charge is 0.262 e. The average Bonchev–Trinajstić information content (AvgIpc) is 2.54.